The lowest BCUT2D eigenvalue weighted by molar-refractivity contribution is 0.780. The molecule has 2 aromatic rings. The number of thioether (sulfide) groups is 1. The standard InChI is InChI=1S/C17H16BrNS/c1-2-5-16-14-6-3-4-7-15(14)19-17(20-16)12-8-10-13(18)11-9-12/h3-4,6-11,16H,2,5H2,1H3. The van der Waals surface area contributed by atoms with Crippen LogP contribution in [0.2, 0.25) is 0 Å². The second-order valence-electron chi connectivity index (χ2n) is 4.88. The molecule has 1 unspecified atom stereocenters. The van der Waals surface area contributed by atoms with Gasteiger partial charge in [-0.25, -0.2) is 4.99 Å². The molecule has 0 saturated carbocycles. The average Bonchev–Trinajstić information content (AvgIpc) is 2.48. The lowest BCUT2D eigenvalue weighted by atomic mass is 10.1. The monoisotopic (exact) mass is 345 g/mol. The zero-order valence-corrected chi connectivity index (χ0v) is 13.7. The molecular formula is C17H16BrNS. The van der Waals surface area contributed by atoms with E-state index in [2.05, 4.69) is 71.4 Å². The zero-order valence-electron chi connectivity index (χ0n) is 11.3. The molecule has 1 heterocycles. The maximum absolute atomic E-state index is 4.84. The van der Waals surface area contributed by atoms with E-state index in [0.717, 1.165) is 15.2 Å². The molecule has 0 saturated heterocycles. The number of fused-ring (bicyclic) bond motifs is 1. The summed E-state index contributed by atoms with van der Waals surface area (Å²) in [5, 5.41) is 1.65. The third kappa shape index (κ3) is 2.84. The lowest BCUT2D eigenvalue weighted by Crippen LogP contribution is -2.07. The second kappa shape index (κ2) is 6.15. The van der Waals surface area contributed by atoms with Gasteiger partial charge >= 0.3 is 0 Å². The minimum atomic E-state index is 0.521. The minimum Gasteiger partial charge on any atom is -0.241 e. The summed E-state index contributed by atoms with van der Waals surface area (Å²) in [5.74, 6) is 0. The minimum absolute atomic E-state index is 0.521. The fourth-order valence-electron chi connectivity index (χ4n) is 2.40. The third-order valence-electron chi connectivity index (χ3n) is 3.40. The van der Waals surface area contributed by atoms with Crippen molar-refractivity contribution < 1.29 is 0 Å². The molecule has 1 aliphatic heterocycles. The van der Waals surface area contributed by atoms with Gasteiger partial charge in [-0.15, -0.1) is 0 Å². The third-order valence-corrected chi connectivity index (χ3v) is 5.25. The summed E-state index contributed by atoms with van der Waals surface area (Å²) in [4.78, 5) is 4.84. The Balaban J connectivity index is 2.01. The van der Waals surface area contributed by atoms with Crippen LogP contribution in [0.4, 0.5) is 5.69 Å². The molecule has 1 nitrogen and oxygen atoms in total. The molecule has 0 aromatic heterocycles. The van der Waals surface area contributed by atoms with Gasteiger partial charge in [0.15, 0.2) is 0 Å². The molecule has 2 aromatic carbocycles. The molecule has 0 amide bonds. The molecule has 0 radical (unpaired) electrons. The van der Waals surface area contributed by atoms with E-state index in [0.29, 0.717) is 5.25 Å². The van der Waals surface area contributed by atoms with Crippen molar-refractivity contribution in [3.63, 3.8) is 0 Å². The molecule has 102 valence electrons. The Hall–Kier alpha value is -1.06. The number of halogens is 1. The number of para-hydroxylation sites is 1. The Kier molecular flexibility index (Phi) is 4.27. The van der Waals surface area contributed by atoms with Crippen LogP contribution in [0.25, 0.3) is 0 Å². The number of aliphatic imine (C=N–C) groups is 1. The van der Waals surface area contributed by atoms with Gasteiger partial charge in [-0.3, -0.25) is 0 Å². The second-order valence-corrected chi connectivity index (χ2v) is 6.98. The van der Waals surface area contributed by atoms with Crippen molar-refractivity contribution in [3.8, 4) is 0 Å². The first-order valence-corrected chi connectivity index (χ1v) is 8.55. The topological polar surface area (TPSA) is 12.4 Å². The molecular weight excluding hydrogens is 330 g/mol. The number of benzene rings is 2. The summed E-state index contributed by atoms with van der Waals surface area (Å²) in [5.41, 5.74) is 3.71. The highest BCUT2D eigenvalue weighted by molar-refractivity contribution is 9.10. The van der Waals surface area contributed by atoms with Gasteiger partial charge in [0.2, 0.25) is 0 Å². The first-order chi connectivity index (χ1) is 9.78. The maximum atomic E-state index is 4.84. The van der Waals surface area contributed by atoms with E-state index in [-0.39, 0.29) is 0 Å². The van der Waals surface area contributed by atoms with Gasteiger partial charge in [-0.2, -0.15) is 0 Å². The van der Waals surface area contributed by atoms with Crippen molar-refractivity contribution >= 4 is 38.4 Å². The van der Waals surface area contributed by atoms with Crippen LogP contribution >= 0.6 is 27.7 Å². The van der Waals surface area contributed by atoms with E-state index in [9.17, 15) is 0 Å². The van der Waals surface area contributed by atoms with Crippen molar-refractivity contribution in [3.05, 3.63) is 64.1 Å². The van der Waals surface area contributed by atoms with Gasteiger partial charge in [0.05, 0.1) is 5.69 Å². The molecule has 0 bridgehead atoms. The Bertz CT molecular complexity index is 634. The van der Waals surface area contributed by atoms with E-state index >= 15 is 0 Å². The summed E-state index contributed by atoms with van der Waals surface area (Å²) in [6.07, 6.45) is 2.39. The number of rotatable bonds is 3. The van der Waals surface area contributed by atoms with Crippen molar-refractivity contribution in [1.82, 2.24) is 0 Å². The van der Waals surface area contributed by atoms with Crippen LogP contribution in [0.3, 0.4) is 0 Å². The Morgan fingerprint density at radius 1 is 1.10 bits per heavy atom. The fourth-order valence-corrected chi connectivity index (χ4v) is 4.03. The Morgan fingerprint density at radius 3 is 2.60 bits per heavy atom. The molecule has 0 aliphatic carbocycles. The summed E-state index contributed by atoms with van der Waals surface area (Å²) in [6, 6.07) is 16.9. The smallest absolute Gasteiger partial charge is 0.105 e. The van der Waals surface area contributed by atoms with Crippen molar-refractivity contribution in [1.29, 1.82) is 0 Å². The molecule has 3 heteroatoms. The van der Waals surface area contributed by atoms with Crippen molar-refractivity contribution in [2.75, 3.05) is 0 Å². The van der Waals surface area contributed by atoms with E-state index in [1.54, 1.807) is 0 Å². The highest BCUT2D eigenvalue weighted by Gasteiger charge is 2.23. The van der Waals surface area contributed by atoms with Crippen LogP contribution in [-0.2, 0) is 0 Å². The molecule has 1 aliphatic rings. The number of hydrogen-bond donors (Lipinski definition) is 0. The van der Waals surface area contributed by atoms with Gasteiger partial charge in [-0.1, -0.05) is 71.4 Å². The van der Waals surface area contributed by atoms with Crippen LogP contribution in [0, 0.1) is 0 Å². The highest BCUT2D eigenvalue weighted by Crippen LogP contribution is 2.44. The van der Waals surface area contributed by atoms with Crippen LogP contribution in [0.15, 0.2) is 58.0 Å². The summed E-state index contributed by atoms with van der Waals surface area (Å²) >= 11 is 5.38. The van der Waals surface area contributed by atoms with Gasteiger partial charge < -0.3 is 0 Å². The van der Waals surface area contributed by atoms with Crippen LogP contribution in [-0.4, -0.2) is 5.04 Å². The Labute approximate surface area is 132 Å². The van der Waals surface area contributed by atoms with E-state index < -0.39 is 0 Å². The predicted molar refractivity (Wildman–Crippen MR) is 92.0 cm³/mol. The van der Waals surface area contributed by atoms with Gasteiger partial charge in [0.25, 0.3) is 0 Å². The molecule has 0 spiro atoms. The van der Waals surface area contributed by atoms with Crippen LogP contribution in [0.1, 0.15) is 36.1 Å². The van der Waals surface area contributed by atoms with Gasteiger partial charge in [0.1, 0.15) is 5.04 Å². The van der Waals surface area contributed by atoms with E-state index in [1.807, 2.05) is 11.8 Å². The molecule has 0 N–H and O–H groups in total. The predicted octanol–water partition coefficient (Wildman–Crippen LogP) is 6.12. The number of hydrogen-bond acceptors (Lipinski definition) is 2. The zero-order chi connectivity index (χ0) is 13.9. The van der Waals surface area contributed by atoms with Crippen LogP contribution in [0.5, 0.6) is 0 Å². The first kappa shape index (κ1) is 13.9. The molecule has 0 fully saturated rings. The van der Waals surface area contributed by atoms with Crippen LogP contribution < -0.4 is 0 Å². The normalized spacial score (nSPS) is 17.5. The summed E-state index contributed by atoms with van der Waals surface area (Å²) < 4.78 is 1.10. The van der Waals surface area contributed by atoms with Crippen molar-refractivity contribution in [2.45, 2.75) is 25.0 Å². The summed E-state index contributed by atoms with van der Waals surface area (Å²) in [6.45, 7) is 2.24. The molecule has 3 rings (SSSR count). The fraction of sp³-hybridized carbons (Fsp3) is 0.235. The molecule has 20 heavy (non-hydrogen) atoms. The largest absolute Gasteiger partial charge is 0.241 e. The average molecular weight is 346 g/mol. The highest BCUT2D eigenvalue weighted by atomic mass is 79.9. The maximum Gasteiger partial charge on any atom is 0.105 e. The SMILES string of the molecule is CCCC1SC(c2ccc(Br)cc2)=Nc2ccccc21. The van der Waals surface area contributed by atoms with Gasteiger partial charge in [-0.05, 0) is 30.2 Å². The lowest BCUT2D eigenvalue weighted by Gasteiger charge is -2.24. The van der Waals surface area contributed by atoms with Crippen molar-refractivity contribution in [2.24, 2.45) is 4.99 Å². The first-order valence-electron chi connectivity index (χ1n) is 6.88. The molecule has 1 atom stereocenters. The quantitative estimate of drug-likeness (QED) is 0.653. The van der Waals surface area contributed by atoms with Gasteiger partial charge in [0, 0.05) is 15.3 Å². The van der Waals surface area contributed by atoms with E-state index in [1.165, 1.54) is 24.0 Å². The summed E-state index contributed by atoms with van der Waals surface area (Å²) in [7, 11) is 0. The number of nitrogens with zero attached hydrogens (tertiary/aromatic N) is 1. The van der Waals surface area contributed by atoms with E-state index in [4.69, 9.17) is 4.99 Å². The Morgan fingerprint density at radius 2 is 1.85 bits per heavy atom.